The zero-order valence-corrected chi connectivity index (χ0v) is 16.2. The van der Waals surface area contributed by atoms with Gasteiger partial charge in [0.2, 0.25) is 0 Å². The number of hydrogen-bond acceptors (Lipinski definition) is 5. The molecule has 3 heterocycles. The van der Waals surface area contributed by atoms with E-state index in [0.29, 0.717) is 17.8 Å². The predicted molar refractivity (Wildman–Crippen MR) is 113 cm³/mol. The first-order valence-electron chi connectivity index (χ1n) is 9.08. The highest BCUT2D eigenvalue weighted by molar-refractivity contribution is 7.12. The number of aromatic nitrogens is 3. The molecule has 0 aliphatic carbocycles. The summed E-state index contributed by atoms with van der Waals surface area (Å²) in [6.07, 6.45) is 3.29. The fraction of sp³-hybridized carbons (Fsp3) is 0.150. The summed E-state index contributed by atoms with van der Waals surface area (Å²) in [5, 5.41) is 19.5. The summed E-state index contributed by atoms with van der Waals surface area (Å²) >= 11 is 1.43. The number of para-hydroxylation sites is 1. The molecule has 0 radical (unpaired) electrons. The molecule has 0 atom stereocenters. The number of phenols is 1. The standard InChI is InChI=1S/C20H19BN4O2S/c21-15-12-23-25-13(5-3-9-22-20(27)18-8-4-10-28-18)11-16(24-19(15)25)14-6-1-2-7-17(14)26/h1-2,4,6-8,10-12,26H,3,5,9,21H2,(H,22,27). The Morgan fingerprint density at radius 3 is 2.89 bits per heavy atom. The van der Waals surface area contributed by atoms with Crippen LogP contribution >= 0.6 is 11.3 Å². The van der Waals surface area contributed by atoms with Crippen molar-refractivity contribution in [3.05, 3.63) is 64.6 Å². The Bertz CT molecular complexity index is 1120. The van der Waals surface area contributed by atoms with Crippen LogP contribution in [0.25, 0.3) is 16.9 Å². The van der Waals surface area contributed by atoms with Crippen molar-refractivity contribution in [3.8, 4) is 17.0 Å². The topological polar surface area (TPSA) is 79.5 Å². The lowest BCUT2D eigenvalue weighted by atomic mass is 10.00. The zero-order chi connectivity index (χ0) is 19.5. The summed E-state index contributed by atoms with van der Waals surface area (Å²) in [6.45, 7) is 0.576. The van der Waals surface area contributed by atoms with Crippen LogP contribution in [0, 0.1) is 0 Å². The van der Waals surface area contributed by atoms with Crippen LogP contribution in [0.3, 0.4) is 0 Å². The maximum absolute atomic E-state index is 12.1. The number of carbonyl (C=O) groups is 1. The molecule has 2 N–H and O–H groups in total. The van der Waals surface area contributed by atoms with E-state index in [2.05, 4.69) is 15.4 Å². The first-order chi connectivity index (χ1) is 13.6. The second-order valence-corrected chi connectivity index (χ2v) is 7.50. The van der Waals surface area contributed by atoms with Gasteiger partial charge in [-0.2, -0.15) is 5.10 Å². The van der Waals surface area contributed by atoms with E-state index in [9.17, 15) is 9.90 Å². The molecular weight excluding hydrogens is 371 g/mol. The number of amides is 1. The lowest BCUT2D eigenvalue weighted by Crippen LogP contribution is -2.24. The van der Waals surface area contributed by atoms with Gasteiger partial charge >= 0.3 is 0 Å². The minimum absolute atomic E-state index is 0.0419. The van der Waals surface area contributed by atoms with Gasteiger partial charge < -0.3 is 10.4 Å². The number of aromatic hydroxyl groups is 1. The average molecular weight is 390 g/mol. The lowest BCUT2D eigenvalue weighted by molar-refractivity contribution is 0.0957. The molecule has 1 amide bonds. The average Bonchev–Trinajstić information content (AvgIpc) is 3.36. The molecule has 140 valence electrons. The van der Waals surface area contributed by atoms with Gasteiger partial charge in [0, 0.05) is 24.0 Å². The number of nitrogens with zero attached hydrogens (tertiary/aromatic N) is 3. The Morgan fingerprint density at radius 2 is 2.11 bits per heavy atom. The molecule has 4 rings (SSSR count). The minimum Gasteiger partial charge on any atom is -0.507 e. The maximum Gasteiger partial charge on any atom is 0.261 e. The monoisotopic (exact) mass is 390 g/mol. The lowest BCUT2D eigenvalue weighted by Gasteiger charge is -2.10. The zero-order valence-electron chi connectivity index (χ0n) is 15.4. The molecule has 0 aliphatic heterocycles. The molecule has 0 aliphatic rings. The van der Waals surface area contributed by atoms with Crippen LogP contribution in [-0.4, -0.2) is 40.0 Å². The van der Waals surface area contributed by atoms with Crippen molar-refractivity contribution in [3.63, 3.8) is 0 Å². The summed E-state index contributed by atoms with van der Waals surface area (Å²) in [5.74, 6) is 0.158. The van der Waals surface area contributed by atoms with Crippen molar-refractivity contribution in [2.45, 2.75) is 12.8 Å². The summed E-state index contributed by atoms with van der Waals surface area (Å²) in [4.78, 5) is 17.5. The number of hydrogen-bond donors (Lipinski definition) is 2. The molecular formula is C20H19BN4O2S. The quantitative estimate of drug-likeness (QED) is 0.389. The van der Waals surface area contributed by atoms with Crippen LogP contribution in [0.15, 0.2) is 54.0 Å². The molecule has 0 fully saturated rings. The fourth-order valence-corrected chi connectivity index (χ4v) is 3.75. The number of rotatable bonds is 6. The van der Waals surface area contributed by atoms with Gasteiger partial charge in [0.1, 0.15) is 19.2 Å². The largest absolute Gasteiger partial charge is 0.507 e. The number of fused-ring (bicyclic) bond motifs is 1. The van der Waals surface area contributed by atoms with E-state index in [-0.39, 0.29) is 11.7 Å². The van der Waals surface area contributed by atoms with E-state index in [0.717, 1.165) is 34.5 Å². The molecule has 0 unspecified atom stereocenters. The number of benzene rings is 1. The molecule has 0 bridgehead atoms. The third-order valence-electron chi connectivity index (χ3n) is 4.54. The van der Waals surface area contributed by atoms with E-state index >= 15 is 0 Å². The Balaban J connectivity index is 1.54. The third-order valence-corrected chi connectivity index (χ3v) is 5.41. The highest BCUT2D eigenvalue weighted by Crippen LogP contribution is 2.28. The normalized spacial score (nSPS) is 11.0. The molecule has 0 saturated heterocycles. The summed E-state index contributed by atoms with van der Waals surface area (Å²) in [6, 6.07) is 12.8. The number of nitrogens with one attached hydrogen (secondary N) is 1. The molecule has 1 aromatic carbocycles. The van der Waals surface area contributed by atoms with E-state index in [1.807, 2.05) is 48.1 Å². The molecule has 8 heteroatoms. The molecule has 3 aromatic heterocycles. The van der Waals surface area contributed by atoms with Crippen molar-refractivity contribution in [2.75, 3.05) is 6.54 Å². The van der Waals surface area contributed by atoms with Crippen molar-refractivity contribution >= 4 is 36.2 Å². The molecule has 28 heavy (non-hydrogen) atoms. The third kappa shape index (κ3) is 3.64. The highest BCUT2D eigenvalue weighted by Gasteiger charge is 2.13. The second-order valence-electron chi connectivity index (χ2n) is 6.55. The van der Waals surface area contributed by atoms with Crippen molar-refractivity contribution in [1.29, 1.82) is 0 Å². The smallest absolute Gasteiger partial charge is 0.261 e. The van der Waals surface area contributed by atoms with Gasteiger partial charge in [0.05, 0.1) is 10.6 Å². The van der Waals surface area contributed by atoms with Crippen LogP contribution in [0.2, 0.25) is 0 Å². The Hall–Kier alpha value is -3.13. The van der Waals surface area contributed by atoms with Crippen LogP contribution in [0.4, 0.5) is 0 Å². The molecule has 4 aromatic rings. The van der Waals surface area contributed by atoms with E-state index in [1.165, 1.54) is 11.3 Å². The molecule has 6 nitrogen and oxygen atoms in total. The van der Waals surface area contributed by atoms with E-state index < -0.39 is 0 Å². The number of thiophene rings is 1. The highest BCUT2D eigenvalue weighted by atomic mass is 32.1. The Labute approximate surface area is 167 Å². The number of phenolic OH excluding ortho intramolecular Hbond substituents is 1. The van der Waals surface area contributed by atoms with E-state index in [4.69, 9.17) is 0 Å². The van der Waals surface area contributed by atoms with E-state index in [1.54, 1.807) is 18.3 Å². The van der Waals surface area contributed by atoms with Gasteiger partial charge in [-0.3, -0.25) is 4.79 Å². The Kier molecular flexibility index (Phi) is 5.12. The summed E-state index contributed by atoms with van der Waals surface area (Å²) < 4.78 is 1.83. The van der Waals surface area contributed by atoms with Crippen molar-refractivity contribution in [1.82, 2.24) is 19.9 Å². The number of aryl methyl sites for hydroxylation is 1. The van der Waals surface area contributed by atoms with Gasteiger partial charge in [-0.15, -0.1) is 11.3 Å². The first kappa shape index (κ1) is 18.2. The second kappa shape index (κ2) is 7.86. The predicted octanol–water partition coefficient (Wildman–Crippen LogP) is 1.78. The maximum atomic E-state index is 12.1. The molecule has 0 saturated carbocycles. The van der Waals surface area contributed by atoms with Gasteiger partial charge in [-0.25, -0.2) is 9.50 Å². The molecule has 0 spiro atoms. The SMILES string of the molecule is Bc1cnn2c(CCCNC(=O)c3cccs3)cc(-c3ccccc3O)nc12. The first-order valence-corrected chi connectivity index (χ1v) is 9.96. The Morgan fingerprint density at radius 1 is 1.25 bits per heavy atom. The van der Waals surface area contributed by atoms with Gasteiger partial charge in [0.25, 0.3) is 5.91 Å². The van der Waals surface area contributed by atoms with Gasteiger partial charge in [-0.05, 0) is 47.9 Å². The minimum atomic E-state index is -0.0419. The van der Waals surface area contributed by atoms with Crippen LogP contribution in [-0.2, 0) is 6.42 Å². The summed E-state index contributed by atoms with van der Waals surface area (Å²) in [5.41, 5.74) is 4.15. The van der Waals surface area contributed by atoms with Crippen LogP contribution in [0.5, 0.6) is 5.75 Å². The van der Waals surface area contributed by atoms with Gasteiger partial charge in [-0.1, -0.05) is 18.2 Å². The van der Waals surface area contributed by atoms with Crippen LogP contribution < -0.4 is 10.8 Å². The summed E-state index contributed by atoms with van der Waals surface area (Å²) in [7, 11) is 1.97. The van der Waals surface area contributed by atoms with Gasteiger partial charge in [0.15, 0.2) is 0 Å². The fourth-order valence-electron chi connectivity index (χ4n) is 3.11. The van der Waals surface area contributed by atoms with Crippen molar-refractivity contribution in [2.24, 2.45) is 0 Å². The van der Waals surface area contributed by atoms with Crippen molar-refractivity contribution < 1.29 is 9.90 Å². The van der Waals surface area contributed by atoms with Crippen LogP contribution in [0.1, 0.15) is 21.8 Å². The number of carbonyl (C=O) groups excluding carboxylic acids is 1.